The second kappa shape index (κ2) is 13.4. The molecule has 0 spiro atoms. The maximum atomic E-state index is 11.3. The van der Waals surface area contributed by atoms with Crippen molar-refractivity contribution in [3.63, 3.8) is 0 Å². The van der Waals surface area contributed by atoms with Gasteiger partial charge >= 0.3 is 5.97 Å². The fourth-order valence-corrected chi connectivity index (χ4v) is 3.59. The highest BCUT2D eigenvalue weighted by atomic mass is 32.2. The van der Waals surface area contributed by atoms with Crippen molar-refractivity contribution >= 4 is 22.9 Å². The molecule has 8 heteroatoms. The lowest BCUT2D eigenvalue weighted by molar-refractivity contribution is -0.199. The van der Waals surface area contributed by atoms with Crippen LogP contribution in [0.4, 0.5) is 0 Å². The van der Waals surface area contributed by atoms with Crippen LogP contribution in [0.2, 0.25) is 0 Å². The second-order valence-corrected chi connectivity index (χ2v) is 8.06. The summed E-state index contributed by atoms with van der Waals surface area (Å²) in [5.41, 5.74) is -0.238. The van der Waals surface area contributed by atoms with Crippen LogP contribution in [0.3, 0.4) is 0 Å². The molecular formula is C19H36N2O5S. The monoisotopic (exact) mass is 404 g/mol. The predicted molar refractivity (Wildman–Crippen MR) is 108 cm³/mol. The van der Waals surface area contributed by atoms with E-state index in [4.69, 9.17) is 24.4 Å². The molecule has 0 amide bonds. The van der Waals surface area contributed by atoms with Gasteiger partial charge in [-0.25, -0.2) is 0 Å². The number of ether oxygens (including phenoxy) is 4. The van der Waals surface area contributed by atoms with E-state index in [9.17, 15) is 4.79 Å². The summed E-state index contributed by atoms with van der Waals surface area (Å²) >= 11 is 1.35. The Morgan fingerprint density at radius 3 is 2.37 bits per heavy atom. The predicted octanol–water partition coefficient (Wildman–Crippen LogP) is 3.26. The number of rotatable bonds is 11. The van der Waals surface area contributed by atoms with Crippen molar-refractivity contribution in [3.8, 4) is 0 Å². The first-order valence-corrected chi connectivity index (χ1v) is 10.7. The highest BCUT2D eigenvalue weighted by Crippen LogP contribution is 2.32. The van der Waals surface area contributed by atoms with Crippen molar-refractivity contribution < 1.29 is 23.7 Å². The van der Waals surface area contributed by atoms with E-state index < -0.39 is 6.10 Å². The first kappa shape index (κ1) is 24.2. The Hall–Kier alpha value is -0.830. The Labute approximate surface area is 167 Å². The molecule has 158 valence electrons. The topological polar surface area (TPSA) is 81.1 Å². The SMILES string of the molecule is CCCCO[C@H]1[C@H](OCCCC)C[C@@H](SC(=N)N(C)C)O[C@@H]1COC(C)=O. The highest BCUT2D eigenvalue weighted by molar-refractivity contribution is 8.14. The fourth-order valence-electron chi connectivity index (χ4n) is 2.65. The van der Waals surface area contributed by atoms with Gasteiger partial charge in [-0.1, -0.05) is 38.5 Å². The molecule has 1 aliphatic rings. The zero-order valence-electron chi connectivity index (χ0n) is 17.4. The molecule has 0 aromatic rings. The molecule has 1 saturated heterocycles. The third-order valence-electron chi connectivity index (χ3n) is 4.22. The maximum Gasteiger partial charge on any atom is 0.302 e. The summed E-state index contributed by atoms with van der Waals surface area (Å²) in [6.07, 6.45) is 3.86. The minimum atomic E-state index is -0.404. The second-order valence-electron chi connectivity index (χ2n) is 6.91. The van der Waals surface area contributed by atoms with Crippen molar-refractivity contribution in [2.75, 3.05) is 33.9 Å². The number of nitrogens with one attached hydrogen (secondary N) is 1. The number of carbonyl (C=O) groups excluding carboxylic acids is 1. The third kappa shape index (κ3) is 9.27. The number of hydrogen-bond donors (Lipinski definition) is 1. The average molecular weight is 405 g/mol. The summed E-state index contributed by atoms with van der Waals surface area (Å²) in [5.74, 6) is -0.342. The van der Waals surface area contributed by atoms with Crippen molar-refractivity contribution in [1.29, 1.82) is 5.41 Å². The van der Waals surface area contributed by atoms with E-state index in [1.807, 2.05) is 14.1 Å². The molecule has 0 aromatic heterocycles. The van der Waals surface area contributed by atoms with Gasteiger partial charge in [0.1, 0.15) is 24.3 Å². The van der Waals surface area contributed by atoms with Crippen molar-refractivity contribution in [1.82, 2.24) is 4.90 Å². The molecular weight excluding hydrogens is 368 g/mol. The maximum absolute atomic E-state index is 11.3. The largest absolute Gasteiger partial charge is 0.463 e. The van der Waals surface area contributed by atoms with Crippen LogP contribution in [-0.4, -0.2) is 73.7 Å². The van der Waals surface area contributed by atoms with Gasteiger partial charge in [0.25, 0.3) is 0 Å². The van der Waals surface area contributed by atoms with Gasteiger partial charge in [-0.05, 0) is 12.8 Å². The van der Waals surface area contributed by atoms with Crippen molar-refractivity contribution in [2.24, 2.45) is 0 Å². The lowest BCUT2D eigenvalue weighted by Gasteiger charge is -2.41. The molecule has 1 fully saturated rings. The molecule has 0 aliphatic carbocycles. The third-order valence-corrected chi connectivity index (χ3v) is 5.38. The zero-order valence-corrected chi connectivity index (χ0v) is 18.2. The molecule has 1 rings (SSSR count). The van der Waals surface area contributed by atoms with Crippen LogP contribution < -0.4 is 0 Å². The summed E-state index contributed by atoms with van der Waals surface area (Å²) < 4.78 is 23.6. The number of esters is 1. The number of carbonyl (C=O) groups is 1. The summed E-state index contributed by atoms with van der Waals surface area (Å²) in [6.45, 7) is 7.05. The number of amidine groups is 1. The van der Waals surface area contributed by atoms with Crippen LogP contribution in [0.25, 0.3) is 0 Å². The molecule has 1 heterocycles. The van der Waals surface area contributed by atoms with E-state index in [1.165, 1.54) is 18.7 Å². The number of unbranched alkanes of at least 4 members (excludes halogenated alkanes) is 2. The number of nitrogens with zero attached hydrogens (tertiary/aromatic N) is 1. The molecule has 0 aromatic carbocycles. The van der Waals surface area contributed by atoms with E-state index in [0.717, 1.165) is 25.7 Å². The zero-order chi connectivity index (χ0) is 20.2. The van der Waals surface area contributed by atoms with Crippen molar-refractivity contribution in [3.05, 3.63) is 0 Å². The summed E-state index contributed by atoms with van der Waals surface area (Å²) in [4.78, 5) is 13.0. The van der Waals surface area contributed by atoms with Gasteiger partial charge in [0.2, 0.25) is 0 Å². The molecule has 0 bridgehead atoms. The molecule has 1 N–H and O–H groups in total. The van der Waals surface area contributed by atoms with Crippen LogP contribution >= 0.6 is 11.8 Å². The molecule has 7 nitrogen and oxygen atoms in total. The smallest absolute Gasteiger partial charge is 0.302 e. The van der Waals surface area contributed by atoms with Gasteiger partial charge in [0.15, 0.2) is 5.17 Å². The van der Waals surface area contributed by atoms with Crippen LogP contribution in [0.5, 0.6) is 0 Å². The molecule has 27 heavy (non-hydrogen) atoms. The molecule has 4 atom stereocenters. The summed E-state index contributed by atoms with van der Waals surface area (Å²) in [6, 6.07) is 0. The van der Waals surface area contributed by atoms with Gasteiger partial charge in [-0.15, -0.1) is 0 Å². The van der Waals surface area contributed by atoms with Gasteiger partial charge < -0.3 is 23.8 Å². The first-order chi connectivity index (χ1) is 12.9. The van der Waals surface area contributed by atoms with Crippen LogP contribution in [0.1, 0.15) is 52.9 Å². The highest BCUT2D eigenvalue weighted by Gasteiger charge is 2.41. The molecule has 1 aliphatic heterocycles. The van der Waals surface area contributed by atoms with E-state index in [1.54, 1.807) is 4.90 Å². The Kier molecular flexibility index (Phi) is 12.0. The standard InChI is InChI=1S/C19H36N2O5S/c1-6-8-10-23-15-12-17(27-19(20)21(4)5)26-16(13-25-14(3)22)18(15)24-11-9-7-2/h15-18,20H,6-13H2,1-5H3/t15-,16-,17-,18+/m1/s1. The van der Waals surface area contributed by atoms with Crippen LogP contribution in [-0.2, 0) is 23.7 Å². The van der Waals surface area contributed by atoms with Gasteiger partial charge in [0, 0.05) is 40.7 Å². The summed E-state index contributed by atoms with van der Waals surface area (Å²) in [5, 5.41) is 8.51. The van der Waals surface area contributed by atoms with E-state index in [2.05, 4.69) is 13.8 Å². The minimum absolute atomic E-state index is 0.131. The normalized spacial score (nSPS) is 25.2. The summed E-state index contributed by atoms with van der Waals surface area (Å²) in [7, 11) is 3.67. The Balaban J connectivity index is 2.86. The minimum Gasteiger partial charge on any atom is -0.463 e. The molecule has 0 saturated carbocycles. The molecule has 0 radical (unpaired) electrons. The van der Waals surface area contributed by atoms with Gasteiger partial charge in [-0.3, -0.25) is 10.2 Å². The Bertz CT molecular complexity index is 450. The lowest BCUT2D eigenvalue weighted by atomic mass is 10.0. The fraction of sp³-hybridized carbons (Fsp3) is 0.895. The van der Waals surface area contributed by atoms with E-state index >= 15 is 0 Å². The first-order valence-electron chi connectivity index (χ1n) is 9.83. The van der Waals surface area contributed by atoms with Crippen LogP contribution in [0.15, 0.2) is 0 Å². The van der Waals surface area contributed by atoms with Gasteiger partial charge in [-0.2, -0.15) is 0 Å². The Morgan fingerprint density at radius 2 is 1.81 bits per heavy atom. The van der Waals surface area contributed by atoms with Crippen molar-refractivity contribution in [2.45, 2.75) is 76.6 Å². The van der Waals surface area contributed by atoms with Crippen LogP contribution in [0, 0.1) is 5.41 Å². The quantitative estimate of drug-likeness (QED) is 0.245. The average Bonchev–Trinajstić information content (AvgIpc) is 2.61. The Morgan fingerprint density at radius 1 is 1.19 bits per heavy atom. The molecule has 0 unspecified atom stereocenters. The van der Waals surface area contributed by atoms with Gasteiger partial charge in [0.05, 0.1) is 6.10 Å². The number of thioether (sulfide) groups is 1. The van der Waals surface area contributed by atoms with E-state index in [-0.39, 0.29) is 30.2 Å². The number of hydrogen-bond acceptors (Lipinski definition) is 7. The lowest BCUT2D eigenvalue weighted by Crippen LogP contribution is -2.52. The van der Waals surface area contributed by atoms with E-state index in [0.29, 0.717) is 24.8 Å².